The summed E-state index contributed by atoms with van der Waals surface area (Å²) in [7, 11) is 0. The van der Waals surface area contributed by atoms with Gasteiger partial charge in [0.05, 0.1) is 0 Å². The molecule has 2 aromatic rings. The lowest BCUT2D eigenvalue weighted by atomic mass is 9.67. The van der Waals surface area contributed by atoms with Gasteiger partial charge in [0.25, 0.3) is 0 Å². The third-order valence-electron chi connectivity index (χ3n) is 11.8. The first-order valence-corrected chi connectivity index (χ1v) is 18.7. The number of allylic oxidation sites excluding steroid dienone is 10. The Morgan fingerprint density at radius 3 is 1.28 bits per heavy atom. The van der Waals surface area contributed by atoms with Crippen LogP contribution in [0.2, 0.25) is 0 Å². The Morgan fingerprint density at radius 2 is 0.913 bits per heavy atom. The van der Waals surface area contributed by atoms with E-state index in [0.29, 0.717) is 0 Å². The predicted octanol–water partition coefficient (Wildman–Crippen LogP) is 11.0. The molecule has 0 atom stereocenters. The Labute approximate surface area is 280 Å². The molecule has 2 aromatic heterocycles. The van der Waals surface area contributed by atoms with Gasteiger partial charge in [0.15, 0.2) is 0 Å². The van der Waals surface area contributed by atoms with Crippen molar-refractivity contribution < 1.29 is 0 Å². The van der Waals surface area contributed by atoms with E-state index in [0.717, 1.165) is 49.7 Å². The lowest BCUT2D eigenvalue weighted by molar-refractivity contribution is 0.373. The summed E-state index contributed by atoms with van der Waals surface area (Å²) in [6, 6.07) is 13.6. The molecule has 228 valence electrons. The van der Waals surface area contributed by atoms with Crippen LogP contribution in [0.15, 0.2) is 46.6 Å². The van der Waals surface area contributed by atoms with Crippen LogP contribution in [0.3, 0.4) is 0 Å². The van der Waals surface area contributed by atoms with Gasteiger partial charge in [0.2, 0.25) is 0 Å². The van der Waals surface area contributed by atoms with Gasteiger partial charge in [-0.3, -0.25) is 0 Å². The zero-order valence-corrected chi connectivity index (χ0v) is 27.9. The van der Waals surface area contributed by atoms with Crippen LogP contribution in [0.4, 0.5) is 0 Å². The maximum Gasteiger partial charge on any atom is 0.132 e. The first-order chi connectivity index (χ1) is 22.6. The molecule has 2 heterocycles. The van der Waals surface area contributed by atoms with Gasteiger partial charge in [0.1, 0.15) is 35.4 Å². The predicted molar refractivity (Wildman–Crippen MR) is 185 cm³/mol. The maximum absolute atomic E-state index is 9.57. The van der Waals surface area contributed by atoms with Crippen molar-refractivity contribution in [1.29, 1.82) is 21.0 Å². The third kappa shape index (κ3) is 4.24. The van der Waals surface area contributed by atoms with E-state index in [-0.39, 0.29) is 22.0 Å². The summed E-state index contributed by atoms with van der Waals surface area (Å²) >= 11 is 3.99. The lowest BCUT2D eigenvalue weighted by Gasteiger charge is -2.37. The van der Waals surface area contributed by atoms with E-state index in [1.807, 2.05) is 22.7 Å². The molecule has 4 nitrogen and oxygen atoms in total. The summed E-state index contributed by atoms with van der Waals surface area (Å²) in [6.45, 7) is 0. The topological polar surface area (TPSA) is 95.2 Å². The number of hydrogen-bond acceptors (Lipinski definition) is 6. The van der Waals surface area contributed by atoms with Crippen molar-refractivity contribution in [3.63, 3.8) is 0 Å². The van der Waals surface area contributed by atoms with E-state index in [1.165, 1.54) is 94.9 Å². The molecule has 0 saturated heterocycles. The highest BCUT2D eigenvalue weighted by atomic mass is 32.1. The second-order valence-corrected chi connectivity index (χ2v) is 16.1. The average Bonchev–Trinajstić information content (AvgIpc) is 3.85. The molecule has 6 aliphatic rings. The summed E-state index contributed by atoms with van der Waals surface area (Å²) in [5.41, 5.74) is 11.5. The second kappa shape index (κ2) is 11.4. The van der Waals surface area contributed by atoms with E-state index >= 15 is 0 Å². The molecule has 0 aliphatic heterocycles. The van der Waals surface area contributed by atoms with Gasteiger partial charge >= 0.3 is 0 Å². The number of rotatable bonds is 2. The Balaban J connectivity index is 1.31. The molecule has 8 rings (SSSR count). The van der Waals surface area contributed by atoms with Crippen molar-refractivity contribution >= 4 is 45.0 Å². The largest absolute Gasteiger partial charge is 0.192 e. The fraction of sp³-hybridized carbons (Fsp3) is 0.450. The second-order valence-electron chi connectivity index (χ2n) is 14.0. The van der Waals surface area contributed by atoms with Gasteiger partial charge in [-0.1, -0.05) is 50.7 Å². The molecule has 46 heavy (non-hydrogen) atoms. The van der Waals surface area contributed by atoms with Crippen LogP contribution >= 0.6 is 22.7 Å². The zero-order valence-electron chi connectivity index (χ0n) is 26.2. The minimum absolute atomic E-state index is 0.0641. The minimum Gasteiger partial charge on any atom is -0.192 e. The van der Waals surface area contributed by atoms with Gasteiger partial charge in [-0.2, -0.15) is 21.0 Å². The number of nitrogens with zero attached hydrogens (tertiary/aromatic N) is 4. The summed E-state index contributed by atoms with van der Waals surface area (Å²) in [6.07, 6.45) is 22.4. The summed E-state index contributed by atoms with van der Waals surface area (Å²) in [4.78, 5) is 5.75. The highest BCUT2D eigenvalue weighted by Crippen LogP contribution is 2.72. The molecule has 2 saturated carbocycles. The molecule has 0 bridgehead atoms. The Kier molecular flexibility index (Phi) is 7.29. The SMILES string of the molecule is N#CC(C#N)=C1C=C(c2cc3c(s2)C2=C(c4sc(C5=CC(=C(C#N)C#N)CCC5)cc4C24CCCCC4)C32CCCCC2)CCC1. The van der Waals surface area contributed by atoms with Crippen LogP contribution in [-0.2, 0) is 10.8 Å². The maximum atomic E-state index is 9.57. The van der Waals surface area contributed by atoms with Crippen molar-refractivity contribution in [2.24, 2.45) is 0 Å². The van der Waals surface area contributed by atoms with Gasteiger partial charge < -0.3 is 0 Å². The van der Waals surface area contributed by atoms with Crippen molar-refractivity contribution in [2.45, 2.75) is 114 Å². The number of thiophene rings is 2. The van der Waals surface area contributed by atoms with Gasteiger partial charge in [-0.15, -0.1) is 22.7 Å². The smallest absolute Gasteiger partial charge is 0.132 e. The molecule has 0 aromatic carbocycles. The lowest BCUT2D eigenvalue weighted by Crippen LogP contribution is -2.28. The fourth-order valence-corrected chi connectivity index (χ4v) is 12.6. The van der Waals surface area contributed by atoms with Crippen LogP contribution in [0, 0.1) is 45.3 Å². The third-order valence-corrected chi connectivity index (χ3v) is 14.2. The molecular weight excluding hydrogens is 601 g/mol. The van der Waals surface area contributed by atoms with Crippen LogP contribution in [0.1, 0.15) is 133 Å². The molecule has 2 fully saturated rings. The van der Waals surface area contributed by atoms with E-state index < -0.39 is 0 Å². The van der Waals surface area contributed by atoms with Crippen LogP contribution in [-0.4, -0.2) is 0 Å². The Hall–Kier alpha value is -3.94. The minimum atomic E-state index is 0.0641. The molecule has 6 heteroatoms. The van der Waals surface area contributed by atoms with E-state index in [1.54, 1.807) is 22.3 Å². The molecule has 0 radical (unpaired) electrons. The summed E-state index contributed by atoms with van der Waals surface area (Å²) < 4.78 is 0. The molecule has 0 unspecified atom stereocenters. The Bertz CT molecular complexity index is 1820. The van der Waals surface area contributed by atoms with Gasteiger partial charge in [-0.05, 0) is 121 Å². The molecular formula is C40H36N4S2. The van der Waals surface area contributed by atoms with Gasteiger partial charge in [0, 0.05) is 30.3 Å². The van der Waals surface area contributed by atoms with Gasteiger partial charge in [-0.25, -0.2) is 0 Å². The fourth-order valence-electron chi connectivity index (χ4n) is 9.71. The average molecular weight is 637 g/mol. The first-order valence-electron chi connectivity index (χ1n) is 17.1. The first kappa shape index (κ1) is 29.5. The van der Waals surface area contributed by atoms with E-state index in [4.69, 9.17) is 0 Å². The van der Waals surface area contributed by atoms with Crippen molar-refractivity contribution in [3.05, 3.63) is 77.2 Å². The number of fused-ring (bicyclic) bond motifs is 8. The quantitative estimate of drug-likeness (QED) is 0.306. The molecule has 6 aliphatic carbocycles. The van der Waals surface area contributed by atoms with Crippen LogP contribution in [0.25, 0.3) is 22.3 Å². The zero-order chi connectivity index (χ0) is 31.5. The molecule has 0 amide bonds. The highest BCUT2D eigenvalue weighted by Gasteiger charge is 2.58. The standard InChI is InChI=1S/C40H36N4S2/c41-21-29(22-42)25-9-7-11-27(17-25)33-19-31-37(45-33)36-35(39(31)13-3-1-4-14-39)38-32(40(36)15-5-2-6-16-40)20-34(46-38)28-12-8-10-26(18-28)30(23-43)24-44/h17-20H,1-16H2. The van der Waals surface area contributed by atoms with Crippen LogP contribution < -0.4 is 0 Å². The molecule has 2 spiro atoms. The highest BCUT2D eigenvalue weighted by molar-refractivity contribution is 7.16. The molecule has 0 N–H and O–H groups in total. The number of nitriles is 4. The van der Waals surface area contributed by atoms with Crippen LogP contribution in [0.5, 0.6) is 0 Å². The monoisotopic (exact) mass is 636 g/mol. The summed E-state index contributed by atoms with van der Waals surface area (Å²) in [5, 5.41) is 38.3. The summed E-state index contributed by atoms with van der Waals surface area (Å²) in [5.74, 6) is 0. The van der Waals surface area contributed by atoms with Crippen molar-refractivity contribution in [3.8, 4) is 24.3 Å². The Morgan fingerprint density at radius 1 is 0.522 bits per heavy atom. The van der Waals surface area contributed by atoms with Crippen molar-refractivity contribution in [2.75, 3.05) is 0 Å². The number of hydrogen-bond donors (Lipinski definition) is 0. The van der Waals surface area contributed by atoms with E-state index in [9.17, 15) is 21.0 Å². The van der Waals surface area contributed by atoms with E-state index in [2.05, 4.69) is 48.6 Å². The van der Waals surface area contributed by atoms with Crippen molar-refractivity contribution in [1.82, 2.24) is 0 Å². The normalized spacial score (nSPS) is 22.2.